The van der Waals surface area contributed by atoms with E-state index in [1.807, 2.05) is 0 Å². The van der Waals surface area contributed by atoms with Crippen LogP contribution in [0.1, 0.15) is 10.4 Å². The molecule has 0 saturated carbocycles. The molecule has 8 nitrogen and oxygen atoms in total. The van der Waals surface area contributed by atoms with Gasteiger partial charge >= 0.3 is 17.5 Å². The van der Waals surface area contributed by atoms with Gasteiger partial charge in [-0.25, -0.2) is 9.36 Å². The van der Waals surface area contributed by atoms with Gasteiger partial charge in [0.25, 0.3) is 0 Å². The van der Waals surface area contributed by atoms with E-state index < -0.39 is 42.2 Å². The summed E-state index contributed by atoms with van der Waals surface area (Å²) in [6.07, 6.45) is -3.39. The Morgan fingerprint density at radius 2 is 2.09 bits per heavy atom. The van der Waals surface area contributed by atoms with Crippen molar-refractivity contribution in [1.82, 2.24) is 9.55 Å². The lowest BCUT2D eigenvalue weighted by atomic mass is 10.1. The first kappa shape index (κ1) is 18.6. The molecule has 0 aliphatic rings. The summed E-state index contributed by atoms with van der Waals surface area (Å²) < 4.78 is 28.9. The van der Waals surface area contributed by atoms with Gasteiger partial charge in [-0.05, 0) is 10.2 Å². The zero-order valence-electron chi connectivity index (χ0n) is 10.7. The van der Waals surface area contributed by atoms with E-state index in [9.17, 15) is 28.6 Å². The van der Waals surface area contributed by atoms with Crippen LogP contribution in [0.15, 0.2) is 15.1 Å². The van der Waals surface area contributed by atoms with Crippen molar-refractivity contribution in [2.75, 3.05) is 6.61 Å². The Labute approximate surface area is 135 Å². The Morgan fingerprint density at radius 1 is 1.50 bits per heavy atom. The molecule has 0 aliphatic carbocycles. The van der Waals surface area contributed by atoms with E-state index in [0.29, 0.717) is 6.20 Å². The molecule has 0 fully saturated rings. The predicted octanol–water partition coefficient (Wildman–Crippen LogP) is -0.656. The first-order valence-corrected chi connectivity index (χ1v) is 6.90. The first-order valence-electron chi connectivity index (χ1n) is 5.65. The summed E-state index contributed by atoms with van der Waals surface area (Å²) in [5.41, 5.74) is -1.67. The maximum absolute atomic E-state index is 13.8. The highest BCUT2D eigenvalue weighted by Gasteiger charge is 2.51. The molecule has 1 heterocycles. The van der Waals surface area contributed by atoms with E-state index in [1.165, 1.54) is 10.2 Å². The molecule has 1 rings (SSSR count). The van der Waals surface area contributed by atoms with Crippen molar-refractivity contribution in [2.24, 2.45) is 0 Å². The van der Waals surface area contributed by atoms with E-state index in [0.717, 1.165) is 0 Å². The molecule has 0 aliphatic heterocycles. The summed E-state index contributed by atoms with van der Waals surface area (Å²) in [5.74, 6) is -7.48. The van der Waals surface area contributed by atoms with Crippen LogP contribution in [0.25, 0.3) is 6.08 Å². The second kappa shape index (κ2) is 7.21. The van der Waals surface area contributed by atoms with Crippen LogP contribution in [-0.4, -0.2) is 60.6 Å². The maximum atomic E-state index is 13.8. The van der Waals surface area contributed by atoms with Gasteiger partial charge in [-0.2, -0.15) is 13.8 Å². The Balaban J connectivity index is 3.33. The lowest BCUT2D eigenvalue weighted by molar-refractivity contribution is -0.136. The van der Waals surface area contributed by atoms with Crippen LogP contribution in [0.5, 0.6) is 5.88 Å². The second-order valence-electron chi connectivity index (χ2n) is 4.09. The minimum Gasteiger partial charge on any atom is -0.493 e. The number of aromatic nitrogens is 2. The average molecular weight is 432 g/mol. The monoisotopic (exact) mass is 432 g/mol. The standard InChI is InChI=1S/C11H11F2IN2O6/c12-11(13,7(19)6(18)4-17)9(21)16-3-5(1-2-14)8(20)15-10(16)22/h1-3,6-7,17-19H,4H2,(H,15,20,22)/b2-1+/t6-,7-/m1/s1. The molecule has 11 heteroatoms. The third-order valence-corrected chi connectivity index (χ3v) is 2.96. The third-order valence-electron chi connectivity index (χ3n) is 2.60. The number of hydrogen-bond donors (Lipinski definition) is 4. The van der Waals surface area contributed by atoms with Crippen molar-refractivity contribution >= 4 is 34.6 Å². The SMILES string of the molecule is O=C(n1cc(/C=C/I)c(O)nc1=O)C(F)(F)[C@H](O)[C@H](O)CO. The van der Waals surface area contributed by atoms with E-state index in [-0.39, 0.29) is 10.1 Å². The maximum Gasteiger partial charge on any atom is 0.357 e. The fraction of sp³-hybridized carbons (Fsp3) is 0.364. The normalized spacial score (nSPS) is 15.0. The molecule has 0 spiro atoms. The van der Waals surface area contributed by atoms with Crippen molar-refractivity contribution in [3.05, 3.63) is 26.3 Å². The number of nitrogens with zero attached hydrogens (tertiary/aromatic N) is 2. The van der Waals surface area contributed by atoms with Crippen LogP contribution in [0.3, 0.4) is 0 Å². The number of hydrogen-bond acceptors (Lipinski definition) is 7. The smallest absolute Gasteiger partial charge is 0.357 e. The van der Waals surface area contributed by atoms with E-state index in [1.54, 1.807) is 22.6 Å². The van der Waals surface area contributed by atoms with Gasteiger partial charge in [0, 0.05) is 6.20 Å². The lowest BCUT2D eigenvalue weighted by Crippen LogP contribution is -2.53. The number of carbonyl (C=O) groups is 1. The minimum absolute atomic E-state index is 0.0982. The molecule has 4 N–H and O–H groups in total. The van der Waals surface area contributed by atoms with Gasteiger partial charge in [0.1, 0.15) is 6.10 Å². The molecule has 0 radical (unpaired) electrons. The Kier molecular flexibility index (Phi) is 6.10. The van der Waals surface area contributed by atoms with Crippen LogP contribution >= 0.6 is 22.6 Å². The van der Waals surface area contributed by atoms with Crippen LogP contribution < -0.4 is 5.69 Å². The Bertz CT molecular complexity index is 648. The van der Waals surface area contributed by atoms with E-state index in [4.69, 9.17) is 10.2 Å². The van der Waals surface area contributed by atoms with Gasteiger partial charge in [-0.15, -0.1) is 0 Å². The number of rotatable bonds is 5. The largest absolute Gasteiger partial charge is 0.493 e. The number of aliphatic hydroxyl groups is 3. The topological polar surface area (TPSA) is 133 Å². The molecular weight excluding hydrogens is 421 g/mol. The van der Waals surface area contributed by atoms with E-state index >= 15 is 0 Å². The molecular formula is C11H11F2IN2O6. The van der Waals surface area contributed by atoms with Gasteiger partial charge in [0.05, 0.1) is 12.2 Å². The summed E-state index contributed by atoms with van der Waals surface area (Å²) >= 11 is 1.75. The summed E-state index contributed by atoms with van der Waals surface area (Å²) in [5, 5.41) is 36.2. The molecule has 0 bridgehead atoms. The number of aromatic hydroxyl groups is 1. The third kappa shape index (κ3) is 3.66. The quantitative estimate of drug-likeness (QED) is 0.455. The first-order chi connectivity index (χ1) is 10.2. The molecule has 122 valence electrons. The molecule has 2 atom stereocenters. The van der Waals surface area contributed by atoms with Crippen molar-refractivity contribution in [3.8, 4) is 5.88 Å². The summed E-state index contributed by atoms with van der Waals surface area (Å²) in [6, 6.07) is 0. The zero-order valence-corrected chi connectivity index (χ0v) is 12.9. The van der Waals surface area contributed by atoms with Crippen LogP contribution in [-0.2, 0) is 0 Å². The molecule has 0 amide bonds. The van der Waals surface area contributed by atoms with Gasteiger partial charge in [0.2, 0.25) is 5.88 Å². The van der Waals surface area contributed by atoms with Gasteiger partial charge in [-0.3, -0.25) is 4.79 Å². The minimum atomic E-state index is -4.56. The molecule has 0 saturated heterocycles. The number of alkyl halides is 2. The summed E-state index contributed by atoms with van der Waals surface area (Å²) in [4.78, 5) is 26.2. The molecule has 1 aromatic heterocycles. The van der Waals surface area contributed by atoms with Crippen molar-refractivity contribution < 1.29 is 34.0 Å². The van der Waals surface area contributed by atoms with Crippen LogP contribution in [0.2, 0.25) is 0 Å². The summed E-state index contributed by atoms with van der Waals surface area (Å²) in [6.45, 7) is -1.21. The van der Waals surface area contributed by atoms with Crippen LogP contribution in [0, 0.1) is 0 Å². The predicted molar refractivity (Wildman–Crippen MR) is 77.9 cm³/mol. The van der Waals surface area contributed by atoms with Crippen molar-refractivity contribution in [3.63, 3.8) is 0 Å². The molecule has 1 aromatic rings. The van der Waals surface area contributed by atoms with Crippen molar-refractivity contribution in [2.45, 2.75) is 18.1 Å². The fourth-order valence-corrected chi connectivity index (χ4v) is 1.81. The highest BCUT2D eigenvalue weighted by Crippen LogP contribution is 2.24. The average Bonchev–Trinajstić information content (AvgIpc) is 2.47. The molecule has 0 unspecified atom stereocenters. The Morgan fingerprint density at radius 3 is 2.59 bits per heavy atom. The van der Waals surface area contributed by atoms with Crippen molar-refractivity contribution in [1.29, 1.82) is 0 Å². The van der Waals surface area contributed by atoms with Crippen LogP contribution in [0.4, 0.5) is 8.78 Å². The number of aliphatic hydroxyl groups excluding tert-OH is 3. The molecule has 0 aromatic carbocycles. The Hall–Kier alpha value is -1.44. The summed E-state index contributed by atoms with van der Waals surface area (Å²) in [7, 11) is 0. The second-order valence-corrected chi connectivity index (χ2v) is 4.81. The van der Waals surface area contributed by atoms with Gasteiger partial charge in [-0.1, -0.05) is 22.6 Å². The number of halogens is 3. The van der Waals surface area contributed by atoms with Gasteiger partial charge < -0.3 is 20.4 Å². The van der Waals surface area contributed by atoms with Gasteiger partial charge in [0.15, 0.2) is 6.10 Å². The fourth-order valence-electron chi connectivity index (χ4n) is 1.42. The molecule has 22 heavy (non-hydrogen) atoms. The zero-order chi connectivity index (χ0) is 17.1. The number of carbonyl (C=O) groups excluding carboxylic acids is 1. The highest BCUT2D eigenvalue weighted by molar-refractivity contribution is 14.1. The van der Waals surface area contributed by atoms with E-state index in [2.05, 4.69) is 4.98 Å². The highest BCUT2D eigenvalue weighted by atomic mass is 127. The lowest BCUT2D eigenvalue weighted by Gasteiger charge is -2.24.